The molecule has 1 aliphatic rings. The Labute approximate surface area is 250 Å². The number of hydrogen-bond acceptors (Lipinski definition) is 9. The number of likely N-dealkylation sites (N-methyl/N-ethyl adjacent to an activating group) is 1. The number of anilines is 1. The van der Waals surface area contributed by atoms with E-state index in [0.29, 0.717) is 10.1 Å². The molecule has 3 aromatic rings. The molecule has 0 radical (unpaired) electrons. The summed E-state index contributed by atoms with van der Waals surface area (Å²) < 4.78 is 45.7. The molecule has 0 saturated heterocycles. The molecule has 0 bridgehead atoms. The number of amides is 2. The normalized spacial score (nSPS) is 17.2. The van der Waals surface area contributed by atoms with Crippen LogP contribution in [0.15, 0.2) is 59.6 Å². The van der Waals surface area contributed by atoms with Crippen LogP contribution in [0.4, 0.5) is 5.69 Å². The van der Waals surface area contributed by atoms with Crippen molar-refractivity contribution in [2.24, 2.45) is 5.92 Å². The van der Waals surface area contributed by atoms with Gasteiger partial charge in [-0.25, -0.2) is 17.7 Å². The van der Waals surface area contributed by atoms with Gasteiger partial charge in [0.2, 0.25) is 11.8 Å². The van der Waals surface area contributed by atoms with Gasteiger partial charge in [-0.2, -0.15) is 0 Å². The molecule has 0 aliphatic carbocycles. The van der Waals surface area contributed by atoms with Crippen molar-refractivity contribution in [3.63, 3.8) is 0 Å². The van der Waals surface area contributed by atoms with Gasteiger partial charge in [0, 0.05) is 42.5 Å². The highest BCUT2D eigenvalue weighted by Gasteiger charge is 2.59. The van der Waals surface area contributed by atoms with Gasteiger partial charge >= 0.3 is 0 Å². The fourth-order valence-corrected chi connectivity index (χ4v) is 6.81. The Kier molecular flexibility index (Phi) is 8.72. The van der Waals surface area contributed by atoms with Crippen molar-refractivity contribution in [3.8, 4) is 17.4 Å². The lowest BCUT2D eigenvalue weighted by Gasteiger charge is -2.36. The van der Waals surface area contributed by atoms with E-state index in [2.05, 4.69) is 10.3 Å². The van der Waals surface area contributed by atoms with E-state index in [1.165, 1.54) is 68.8 Å². The first kappa shape index (κ1) is 31.1. The number of rotatable bonds is 10. The lowest BCUT2D eigenvalue weighted by molar-refractivity contribution is -0.133. The topological polar surface area (TPSA) is 127 Å². The van der Waals surface area contributed by atoms with Crippen molar-refractivity contribution >= 4 is 39.1 Å². The second kappa shape index (κ2) is 11.8. The Hall–Kier alpha value is -3.87. The smallest absolute Gasteiger partial charge is 0.274 e. The highest BCUT2D eigenvalue weighted by atomic mass is 35.5. The van der Waals surface area contributed by atoms with Crippen molar-refractivity contribution in [2.75, 3.05) is 39.7 Å². The number of carbonyl (C=O) groups is 2. The number of carbonyl (C=O) groups excluding carboxylic acids is 2. The number of nitrogens with zero attached hydrogens (tertiary/aromatic N) is 3. The predicted octanol–water partition coefficient (Wildman–Crippen LogP) is 3.44. The molecule has 13 heteroatoms. The van der Waals surface area contributed by atoms with E-state index in [-0.39, 0.29) is 50.2 Å². The van der Waals surface area contributed by atoms with Crippen molar-refractivity contribution in [3.05, 3.63) is 70.9 Å². The van der Waals surface area contributed by atoms with Gasteiger partial charge in [0.15, 0.2) is 5.54 Å². The molecular formula is C29H33ClN4O7S. The number of halogens is 1. The number of hydrogen-bond donors (Lipinski definition) is 1. The Morgan fingerprint density at radius 2 is 1.74 bits per heavy atom. The zero-order chi connectivity index (χ0) is 31.0. The van der Waals surface area contributed by atoms with Crippen molar-refractivity contribution in [1.29, 1.82) is 0 Å². The molecule has 2 amide bonds. The summed E-state index contributed by atoms with van der Waals surface area (Å²) in [5.74, 6) is -1.14. The van der Waals surface area contributed by atoms with Gasteiger partial charge < -0.3 is 19.1 Å². The second-order valence-corrected chi connectivity index (χ2v) is 12.4. The summed E-state index contributed by atoms with van der Waals surface area (Å²) >= 11 is 6.47. The maximum atomic E-state index is 14.9. The minimum absolute atomic E-state index is 0.0232. The third-order valence-corrected chi connectivity index (χ3v) is 9.06. The number of nitrogens with one attached hydrogen (secondary N) is 1. The van der Waals surface area contributed by atoms with E-state index in [1.807, 2.05) is 13.8 Å². The Morgan fingerprint density at radius 1 is 1.02 bits per heavy atom. The quantitative estimate of drug-likeness (QED) is 0.364. The zero-order valence-electron chi connectivity index (χ0n) is 24.3. The molecule has 0 spiro atoms. The first-order chi connectivity index (χ1) is 19.8. The molecule has 1 aromatic heterocycles. The first-order valence-electron chi connectivity index (χ1n) is 12.9. The average molecular weight is 617 g/mol. The van der Waals surface area contributed by atoms with E-state index in [9.17, 15) is 18.0 Å². The van der Waals surface area contributed by atoms with Crippen LogP contribution in [0.2, 0.25) is 5.02 Å². The average Bonchev–Trinajstić information content (AvgIpc) is 3.22. The minimum atomic E-state index is -4.61. The third-order valence-electron chi connectivity index (χ3n) is 7.09. The van der Waals surface area contributed by atoms with Crippen LogP contribution in [0.5, 0.6) is 17.4 Å². The van der Waals surface area contributed by atoms with Gasteiger partial charge in [-0.3, -0.25) is 14.9 Å². The number of benzene rings is 2. The Bertz CT molecular complexity index is 1630. The maximum Gasteiger partial charge on any atom is 0.274 e. The molecule has 2 aromatic carbocycles. The monoisotopic (exact) mass is 616 g/mol. The fraction of sp³-hybridized carbons (Fsp3) is 0.345. The molecule has 0 saturated carbocycles. The van der Waals surface area contributed by atoms with Gasteiger partial charge in [-0.05, 0) is 48.4 Å². The van der Waals surface area contributed by atoms with Crippen LogP contribution < -0.4 is 23.8 Å². The second-order valence-electron chi connectivity index (χ2n) is 10.2. The summed E-state index contributed by atoms with van der Waals surface area (Å²) in [5, 5.41) is 3.50. The predicted molar refractivity (Wildman–Crippen MR) is 158 cm³/mol. The number of methoxy groups -OCH3 is 3. The Morgan fingerprint density at radius 3 is 2.33 bits per heavy atom. The summed E-state index contributed by atoms with van der Waals surface area (Å²) in [6.07, 6.45) is 1.48. The van der Waals surface area contributed by atoms with Crippen molar-refractivity contribution < 1.29 is 32.2 Å². The molecule has 1 unspecified atom stereocenters. The largest absolute Gasteiger partial charge is 0.497 e. The molecule has 2 atom stereocenters. The fourth-order valence-electron chi connectivity index (χ4n) is 5.03. The molecular weight excluding hydrogens is 584 g/mol. The lowest BCUT2D eigenvalue weighted by atomic mass is 9.82. The molecule has 1 N–H and O–H groups in total. The Balaban J connectivity index is 2.08. The van der Waals surface area contributed by atoms with E-state index in [0.717, 1.165) is 0 Å². The van der Waals surface area contributed by atoms with E-state index < -0.39 is 27.5 Å². The van der Waals surface area contributed by atoms with Gasteiger partial charge in [0.25, 0.3) is 15.9 Å². The van der Waals surface area contributed by atoms with Crippen molar-refractivity contribution in [2.45, 2.75) is 30.3 Å². The van der Waals surface area contributed by atoms with Gasteiger partial charge in [0.05, 0.1) is 33.1 Å². The van der Waals surface area contributed by atoms with Gasteiger partial charge in [-0.1, -0.05) is 25.4 Å². The van der Waals surface area contributed by atoms with Crippen LogP contribution in [0.25, 0.3) is 0 Å². The van der Waals surface area contributed by atoms with E-state index >= 15 is 0 Å². The summed E-state index contributed by atoms with van der Waals surface area (Å²) in [7, 11) is 2.74. The molecule has 1 aliphatic heterocycles. The summed E-state index contributed by atoms with van der Waals surface area (Å²) in [4.78, 5) is 33.8. The molecule has 2 heterocycles. The zero-order valence-corrected chi connectivity index (χ0v) is 25.9. The SMILES string of the molecule is COc1ccc(S(=O)(=O)N2C(=O)C(N[C@H](C(=O)N(C)C)C(C)C)(c3cccnc3OC)c3cc(Cl)ccc32)c(OC)c1. The summed E-state index contributed by atoms with van der Waals surface area (Å²) in [6, 6.07) is 10.9. The molecule has 224 valence electrons. The van der Waals surface area contributed by atoms with Crippen LogP contribution in [0.3, 0.4) is 0 Å². The number of sulfonamides is 1. The lowest BCUT2D eigenvalue weighted by Crippen LogP contribution is -2.60. The minimum Gasteiger partial charge on any atom is -0.497 e. The summed E-state index contributed by atoms with van der Waals surface area (Å²) in [5.41, 5.74) is -1.50. The van der Waals surface area contributed by atoms with Crippen LogP contribution in [-0.4, -0.2) is 71.6 Å². The maximum absolute atomic E-state index is 14.9. The van der Waals surface area contributed by atoms with Crippen molar-refractivity contribution in [1.82, 2.24) is 15.2 Å². The molecule has 4 rings (SSSR count). The number of aromatic nitrogens is 1. The molecule has 0 fully saturated rings. The molecule has 42 heavy (non-hydrogen) atoms. The van der Waals surface area contributed by atoms with Crippen LogP contribution >= 0.6 is 11.6 Å². The summed E-state index contributed by atoms with van der Waals surface area (Å²) in [6.45, 7) is 3.64. The first-order valence-corrected chi connectivity index (χ1v) is 14.8. The van der Waals surface area contributed by atoms with Crippen LogP contribution in [0, 0.1) is 5.92 Å². The van der Waals surface area contributed by atoms with Crippen LogP contribution in [0.1, 0.15) is 25.0 Å². The standard InChI is InChI=1S/C29H33ClN4O7S/c1-17(2)25(27(35)33(3)4)32-29(20-9-8-14-31-26(20)41-7)21-15-18(30)10-12-22(21)34(28(29)36)42(37,38)24-13-11-19(39-5)16-23(24)40-6/h8-17,25,32H,1-7H3/t25-,29?/m0/s1. The number of ether oxygens (including phenoxy) is 3. The third kappa shape index (κ3) is 5.03. The van der Waals surface area contributed by atoms with E-state index in [4.69, 9.17) is 25.8 Å². The molecule has 11 nitrogen and oxygen atoms in total. The number of pyridine rings is 1. The highest BCUT2D eigenvalue weighted by Crippen LogP contribution is 2.50. The number of fused-ring (bicyclic) bond motifs is 1. The van der Waals surface area contributed by atoms with E-state index in [1.54, 1.807) is 26.2 Å². The van der Waals surface area contributed by atoms with Crippen LogP contribution in [-0.2, 0) is 25.2 Å². The van der Waals surface area contributed by atoms with Gasteiger partial charge in [-0.15, -0.1) is 0 Å². The highest BCUT2D eigenvalue weighted by molar-refractivity contribution is 7.93. The van der Waals surface area contributed by atoms with Gasteiger partial charge in [0.1, 0.15) is 16.4 Å².